The minimum absolute atomic E-state index is 0.0449. The van der Waals surface area contributed by atoms with Gasteiger partial charge >= 0.3 is 15.9 Å². The van der Waals surface area contributed by atoms with Gasteiger partial charge in [0, 0.05) is 23.9 Å². The van der Waals surface area contributed by atoms with Crippen molar-refractivity contribution in [2.24, 2.45) is 0 Å². The molecule has 0 saturated carbocycles. The van der Waals surface area contributed by atoms with Gasteiger partial charge in [-0.1, -0.05) is 47.5 Å². The van der Waals surface area contributed by atoms with Crippen LogP contribution in [0.3, 0.4) is 0 Å². The summed E-state index contributed by atoms with van der Waals surface area (Å²) in [6.07, 6.45) is 2.00. The number of benzene rings is 3. The fraction of sp³-hybridized carbons (Fsp3) is 0.115. The maximum atomic E-state index is 13.3. The van der Waals surface area contributed by atoms with Crippen molar-refractivity contribution in [2.75, 3.05) is 17.7 Å². The van der Waals surface area contributed by atoms with Crippen LogP contribution < -0.4 is 21.5 Å². The Kier molecular flexibility index (Phi) is 8.54. The number of carbonyl (C=O) groups is 1. The summed E-state index contributed by atoms with van der Waals surface area (Å²) in [5.41, 5.74) is 6.88. The molecule has 1 amide bonds. The Morgan fingerprint density at radius 2 is 1.82 bits per heavy atom. The molecule has 3 aromatic carbocycles. The topological polar surface area (TPSA) is 133 Å². The molecule has 0 aliphatic rings. The summed E-state index contributed by atoms with van der Waals surface area (Å²) >= 11 is 12.1. The summed E-state index contributed by atoms with van der Waals surface area (Å²) in [6.45, 7) is 0.445. The highest BCUT2D eigenvalue weighted by Crippen LogP contribution is 2.30. The molecular weight excluding hydrogens is 570 g/mol. The lowest BCUT2D eigenvalue weighted by Crippen LogP contribution is -2.25. The van der Waals surface area contributed by atoms with Crippen LogP contribution in [0.25, 0.3) is 11.1 Å². The number of hydrogen-bond donors (Lipinski definition) is 2. The number of ether oxygens (including phenoxy) is 1. The third-order valence-corrected chi connectivity index (χ3v) is 7.12. The molecule has 202 valence electrons. The second kappa shape index (κ2) is 11.9. The first kappa shape index (κ1) is 28.1. The molecule has 0 radical (unpaired) electrons. The zero-order valence-corrected chi connectivity index (χ0v) is 22.4. The largest absolute Gasteiger partial charge is 0.491 e. The molecule has 0 unspecified atom stereocenters. The lowest BCUT2D eigenvalue weighted by molar-refractivity contribution is 0.102. The summed E-state index contributed by atoms with van der Waals surface area (Å²) in [4.78, 5) is 28.3. The third kappa shape index (κ3) is 6.94. The van der Waals surface area contributed by atoms with E-state index in [0.717, 1.165) is 12.1 Å². The molecule has 0 aliphatic carbocycles. The van der Waals surface area contributed by atoms with Crippen LogP contribution in [-0.4, -0.2) is 30.5 Å². The number of nitrogens with zero attached hydrogens (tertiary/aromatic N) is 2. The number of hydrogen-bond acceptors (Lipinski definition) is 7. The molecule has 39 heavy (non-hydrogen) atoms. The van der Waals surface area contributed by atoms with E-state index in [0.29, 0.717) is 39.0 Å². The number of aryl methyl sites for hydroxylation is 1. The molecule has 1 heterocycles. The Bertz CT molecular complexity index is 1710. The number of nitrogen functional groups attached to an aromatic ring is 1. The molecule has 1 aromatic heterocycles. The number of nitrogens with one attached hydrogen (secondary N) is 1. The van der Waals surface area contributed by atoms with Gasteiger partial charge in [-0.25, -0.2) is 4.79 Å². The van der Waals surface area contributed by atoms with E-state index in [1.807, 2.05) is 0 Å². The van der Waals surface area contributed by atoms with Gasteiger partial charge in [-0.3, -0.25) is 9.36 Å². The smallest absolute Gasteiger partial charge is 0.349 e. The SMILES string of the molecule is Nc1nc(=O)n(CCCOc2ccccc2NC(=O)c2cccc(S(=O)(=O)F)c2)cc1-c1ccc(Cl)c(Cl)c1. The van der Waals surface area contributed by atoms with Crippen LogP contribution in [0.15, 0.2) is 82.6 Å². The lowest BCUT2D eigenvalue weighted by atomic mass is 10.1. The molecule has 0 spiro atoms. The Morgan fingerprint density at radius 3 is 2.56 bits per heavy atom. The van der Waals surface area contributed by atoms with Gasteiger partial charge < -0.3 is 15.8 Å². The molecule has 9 nitrogen and oxygen atoms in total. The number of aromatic nitrogens is 2. The van der Waals surface area contributed by atoms with Crippen molar-refractivity contribution in [1.29, 1.82) is 0 Å². The van der Waals surface area contributed by atoms with Crippen molar-refractivity contribution in [2.45, 2.75) is 17.9 Å². The fourth-order valence-corrected chi connectivity index (χ4v) is 4.45. The van der Waals surface area contributed by atoms with Gasteiger partial charge in [0.25, 0.3) is 5.91 Å². The standard InChI is InChI=1S/C26H21Cl2FN4O5S/c27-20-10-9-16(14-21(20)28)19-15-33(26(35)32-24(19)30)11-4-12-38-23-8-2-1-7-22(23)31-25(34)17-5-3-6-18(13-17)39(29,36)37/h1-3,5-10,13-15H,4,11-12H2,(H,31,34)(H2,30,32,35). The second-order valence-electron chi connectivity index (χ2n) is 8.26. The van der Waals surface area contributed by atoms with Gasteiger partial charge in [0.05, 0.1) is 27.2 Å². The zero-order chi connectivity index (χ0) is 28.2. The van der Waals surface area contributed by atoms with Crippen molar-refractivity contribution in [3.63, 3.8) is 0 Å². The van der Waals surface area contributed by atoms with Gasteiger partial charge in [-0.05, 0) is 54.4 Å². The summed E-state index contributed by atoms with van der Waals surface area (Å²) in [7, 11) is -4.96. The minimum Gasteiger partial charge on any atom is -0.491 e. The monoisotopic (exact) mass is 590 g/mol. The molecule has 4 aromatic rings. The van der Waals surface area contributed by atoms with Gasteiger partial charge in [0.15, 0.2) is 0 Å². The average molecular weight is 591 g/mol. The van der Waals surface area contributed by atoms with E-state index in [-0.39, 0.29) is 24.5 Å². The van der Waals surface area contributed by atoms with Gasteiger partial charge in [-0.2, -0.15) is 13.4 Å². The van der Waals surface area contributed by atoms with Gasteiger partial charge in [0.2, 0.25) is 0 Å². The highest BCUT2D eigenvalue weighted by molar-refractivity contribution is 7.86. The molecule has 0 fully saturated rings. The number of para-hydroxylation sites is 2. The number of carbonyl (C=O) groups excluding carboxylic acids is 1. The molecule has 0 aliphatic heterocycles. The van der Waals surface area contributed by atoms with E-state index in [1.165, 1.54) is 16.7 Å². The molecule has 0 atom stereocenters. The summed E-state index contributed by atoms with van der Waals surface area (Å²) in [6, 6.07) is 16.2. The van der Waals surface area contributed by atoms with Crippen LogP contribution in [0.5, 0.6) is 5.75 Å². The van der Waals surface area contributed by atoms with Crippen molar-refractivity contribution in [1.82, 2.24) is 9.55 Å². The molecule has 4 rings (SSSR count). The van der Waals surface area contributed by atoms with Crippen molar-refractivity contribution >= 4 is 50.8 Å². The summed E-state index contributed by atoms with van der Waals surface area (Å²) < 4.78 is 42.9. The Labute approximate surface area is 233 Å². The number of nitrogens with two attached hydrogens (primary N) is 1. The zero-order valence-electron chi connectivity index (χ0n) is 20.1. The molecule has 13 heteroatoms. The van der Waals surface area contributed by atoms with Crippen molar-refractivity contribution in [3.05, 3.63) is 99.0 Å². The summed E-state index contributed by atoms with van der Waals surface area (Å²) in [5.74, 6) is -0.240. The Balaban J connectivity index is 1.42. The maximum Gasteiger partial charge on any atom is 0.349 e. The van der Waals surface area contributed by atoms with E-state index >= 15 is 0 Å². The van der Waals surface area contributed by atoms with Crippen LogP contribution in [0.2, 0.25) is 10.0 Å². The van der Waals surface area contributed by atoms with Gasteiger partial charge in [0.1, 0.15) is 11.6 Å². The van der Waals surface area contributed by atoms with Crippen LogP contribution in [0, 0.1) is 0 Å². The third-order valence-electron chi connectivity index (χ3n) is 5.57. The van der Waals surface area contributed by atoms with E-state index in [2.05, 4.69) is 10.3 Å². The summed E-state index contributed by atoms with van der Waals surface area (Å²) in [5, 5.41) is 3.36. The molecule has 0 saturated heterocycles. The predicted octanol–water partition coefficient (Wildman–Crippen LogP) is 5.18. The Hall–Kier alpha value is -3.93. The first-order valence-electron chi connectivity index (χ1n) is 11.4. The first-order valence-corrected chi connectivity index (χ1v) is 13.6. The van der Waals surface area contributed by atoms with Crippen LogP contribution in [0.1, 0.15) is 16.8 Å². The quantitative estimate of drug-likeness (QED) is 0.202. The van der Waals surface area contributed by atoms with Crippen LogP contribution >= 0.6 is 23.2 Å². The molecule has 3 N–H and O–H groups in total. The number of anilines is 2. The Morgan fingerprint density at radius 1 is 1.05 bits per heavy atom. The average Bonchev–Trinajstić information content (AvgIpc) is 2.89. The van der Waals surface area contributed by atoms with Crippen LogP contribution in [0.4, 0.5) is 15.4 Å². The van der Waals surface area contributed by atoms with E-state index in [4.69, 9.17) is 33.7 Å². The van der Waals surface area contributed by atoms with Crippen molar-refractivity contribution in [3.8, 4) is 16.9 Å². The second-order valence-corrected chi connectivity index (χ2v) is 10.4. The minimum atomic E-state index is -4.96. The number of amides is 1. The van der Waals surface area contributed by atoms with Crippen molar-refractivity contribution < 1.29 is 21.8 Å². The number of halogens is 3. The highest BCUT2D eigenvalue weighted by atomic mass is 35.5. The van der Waals surface area contributed by atoms with E-state index in [9.17, 15) is 21.9 Å². The molecular formula is C26H21Cl2FN4O5S. The van der Waals surface area contributed by atoms with E-state index < -0.39 is 26.7 Å². The normalized spacial score (nSPS) is 11.3. The number of rotatable bonds is 9. The highest BCUT2D eigenvalue weighted by Gasteiger charge is 2.16. The van der Waals surface area contributed by atoms with Gasteiger partial charge in [-0.15, -0.1) is 3.89 Å². The first-order chi connectivity index (χ1) is 18.5. The molecule has 0 bridgehead atoms. The fourth-order valence-electron chi connectivity index (χ4n) is 3.65. The maximum absolute atomic E-state index is 13.3. The predicted molar refractivity (Wildman–Crippen MR) is 148 cm³/mol. The van der Waals surface area contributed by atoms with Crippen LogP contribution in [-0.2, 0) is 16.8 Å². The lowest BCUT2D eigenvalue weighted by Gasteiger charge is -2.14. The van der Waals surface area contributed by atoms with E-state index in [1.54, 1.807) is 48.7 Å².